The van der Waals surface area contributed by atoms with Crippen molar-refractivity contribution in [2.45, 2.75) is 143 Å². The maximum absolute atomic E-state index is 6.31. The van der Waals surface area contributed by atoms with Crippen LogP contribution in [-0.2, 0) is 12.8 Å². The molecular formula is C72H76N2O4. The van der Waals surface area contributed by atoms with Crippen molar-refractivity contribution < 1.29 is 18.9 Å². The van der Waals surface area contributed by atoms with E-state index >= 15 is 0 Å². The number of rotatable bonds is 22. The van der Waals surface area contributed by atoms with Crippen LogP contribution in [0.25, 0.3) is 43.8 Å². The Hall–Kier alpha value is -7.70. The second-order valence-corrected chi connectivity index (χ2v) is 22.4. The van der Waals surface area contributed by atoms with Crippen molar-refractivity contribution in [3.8, 4) is 45.3 Å². The summed E-state index contributed by atoms with van der Waals surface area (Å²) in [6, 6.07) is 66.6. The molecule has 11 rings (SSSR count). The number of anilines is 6. The highest BCUT2D eigenvalue weighted by molar-refractivity contribution is 6.13. The molecule has 0 fully saturated rings. The van der Waals surface area contributed by atoms with Crippen molar-refractivity contribution in [3.63, 3.8) is 0 Å². The number of hydrogen-bond acceptors (Lipinski definition) is 6. The molecule has 0 bridgehead atoms. The number of para-hydroxylation sites is 4. The van der Waals surface area contributed by atoms with Crippen molar-refractivity contribution in [2.75, 3.05) is 9.80 Å². The van der Waals surface area contributed by atoms with Gasteiger partial charge in [0.15, 0.2) is 23.0 Å². The van der Waals surface area contributed by atoms with Crippen LogP contribution in [0.2, 0.25) is 0 Å². The van der Waals surface area contributed by atoms with Crippen molar-refractivity contribution >= 4 is 55.7 Å². The molecule has 2 aliphatic rings. The van der Waals surface area contributed by atoms with Gasteiger partial charge in [0.2, 0.25) is 11.6 Å². The maximum Gasteiger partial charge on any atom is 0.246 e. The average molecular weight is 1030 g/mol. The van der Waals surface area contributed by atoms with Gasteiger partial charge in [0.05, 0.1) is 11.4 Å². The van der Waals surface area contributed by atoms with E-state index in [4.69, 9.17) is 18.9 Å². The Bertz CT molecular complexity index is 3300. The summed E-state index contributed by atoms with van der Waals surface area (Å²) in [5, 5.41) is 5.29. The third-order valence-electron chi connectivity index (χ3n) is 15.6. The summed E-state index contributed by atoms with van der Waals surface area (Å²) in [6.07, 6.45) is 17.0. The minimum absolute atomic E-state index is 0.714. The Kier molecular flexibility index (Phi) is 15.5. The van der Waals surface area contributed by atoms with E-state index in [1.54, 1.807) is 0 Å². The smallest absolute Gasteiger partial charge is 0.246 e. The Labute approximate surface area is 463 Å². The number of nitrogens with zero attached hydrogens (tertiary/aromatic N) is 2. The quantitative estimate of drug-likeness (QED) is 0.0498. The van der Waals surface area contributed by atoms with Crippen molar-refractivity contribution in [2.24, 2.45) is 0 Å². The molecule has 78 heavy (non-hydrogen) atoms. The van der Waals surface area contributed by atoms with E-state index in [2.05, 4.69) is 194 Å². The summed E-state index contributed by atoms with van der Waals surface area (Å²) in [5.74, 6) is 1.64. The molecule has 2 aliphatic heterocycles. The second-order valence-electron chi connectivity index (χ2n) is 22.4. The monoisotopic (exact) mass is 1030 g/mol. The SMILES string of the molecule is CCCCCCCCc1c(CCCCCCCC)c2cc(N(c3ccccc3)c3ccccc3-c3ccc4c(c3)OC(C)(C)O4)ccc2c2ccc(N(c3ccccc3)c3ccccc3-c3ccc4c(c3)OC(C)(C)O4)cc12. The third kappa shape index (κ3) is 11.2. The Balaban J connectivity index is 1.09. The lowest BCUT2D eigenvalue weighted by Gasteiger charge is -2.30. The fourth-order valence-electron chi connectivity index (χ4n) is 12.0. The fraction of sp³-hybridized carbons (Fsp3) is 0.306. The minimum Gasteiger partial charge on any atom is -0.449 e. The van der Waals surface area contributed by atoms with Gasteiger partial charge in [-0.2, -0.15) is 0 Å². The minimum atomic E-state index is -0.714. The van der Waals surface area contributed by atoms with Crippen LogP contribution in [0.5, 0.6) is 23.0 Å². The van der Waals surface area contributed by atoms with Gasteiger partial charge >= 0.3 is 0 Å². The third-order valence-corrected chi connectivity index (χ3v) is 15.6. The van der Waals surface area contributed by atoms with Gasteiger partial charge in [0, 0.05) is 61.6 Å². The predicted molar refractivity (Wildman–Crippen MR) is 327 cm³/mol. The highest BCUT2D eigenvalue weighted by Crippen LogP contribution is 2.50. The summed E-state index contributed by atoms with van der Waals surface area (Å²) < 4.78 is 24.9. The maximum atomic E-state index is 6.31. The van der Waals surface area contributed by atoms with Crippen LogP contribution in [0.3, 0.4) is 0 Å². The van der Waals surface area contributed by atoms with Gasteiger partial charge in [0.25, 0.3) is 0 Å². The lowest BCUT2D eigenvalue weighted by Crippen LogP contribution is -2.29. The van der Waals surface area contributed by atoms with Gasteiger partial charge in [0.1, 0.15) is 0 Å². The van der Waals surface area contributed by atoms with E-state index in [1.165, 1.54) is 96.9 Å². The van der Waals surface area contributed by atoms with Crippen LogP contribution in [0, 0.1) is 0 Å². The molecule has 0 atom stereocenters. The first-order chi connectivity index (χ1) is 38.1. The van der Waals surface area contributed by atoms with Crippen LogP contribution in [-0.4, -0.2) is 11.6 Å². The highest BCUT2D eigenvalue weighted by atomic mass is 16.7. The average Bonchev–Trinajstić information content (AvgIpc) is 4.05. The first kappa shape index (κ1) is 52.4. The van der Waals surface area contributed by atoms with E-state index in [-0.39, 0.29) is 0 Å². The first-order valence-electron chi connectivity index (χ1n) is 29.0. The van der Waals surface area contributed by atoms with Crippen LogP contribution in [0.15, 0.2) is 182 Å². The molecule has 0 amide bonds. The summed E-state index contributed by atoms with van der Waals surface area (Å²) in [4.78, 5) is 4.91. The molecule has 0 N–H and O–H groups in total. The van der Waals surface area contributed by atoms with Gasteiger partial charge in [-0.1, -0.05) is 175 Å². The van der Waals surface area contributed by atoms with E-state index in [0.29, 0.717) is 0 Å². The molecule has 6 heteroatoms. The second kappa shape index (κ2) is 23.1. The van der Waals surface area contributed by atoms with Crippen molar-refractivity contribution in [3.05, 3.63) is 193 Å². The first-order valence-corrected chi connectivity index (χ1v) is 29.0. The van der Waals surface area contributed by atoms with Crippen molar-refractivity contribution in [1.82, 2.24) is 0 Å². The standard InChI is InChI=1S/C72H76N2O4/c1-7-9-11-13-15-23-35-59-60(36-24-16-14-12-10-8-2)64-50-56(74(54-31-21-18-22-32-54)66-38-28-26-34-58(66)52-40-46-68-70(48-52)78-72(5,6)76-68)42-44-62(64)61-43-41-55(49-63(59)61)73(53-29-19-17-20-30-53)65-37-27-25-33-57(65)51-39-45-67-69(47-51)77-71(3,4)75-67/h17-22,25-34,37-50H,7-16,23-24,35-36H2,1-6H3. The zero-order chi connectivity index (χ0) is 53.6. The molecule has 2 heterocycles. The molecule has 6 nitrogen and oxygen atoms in total. The topological polar surface area (TPSA) is 43.4 Å². The summed E-state index contributed by atoms with van der Waals surface area (Å²) in [6.45, 7) is 12.5. The van der Waals surface area contributed by atoms with Crippen LogP contribution < -0.4 is 28.7 Å². The zero-order valence-corrected chi connectivity index (χ0v) is 46.7. The van der Waals surface area contributed by atoms with E-state index in [0.717, 1.165) is 105 Å². The van der Waals surface area contributed by atoms with Gasteiger partial charge in [-0.25, -0.2) is 0 Å². The molecule has 0 spiro atoms. The Morgan fingerprint density at radius 2 is 0.692 bits per heavy atom. The van der Waals surface area contributed by atoms with Gasteiger partial charge < -0.3 is 28.7 Å². The normalized spacial score (nSPS) is 13.8. The molecule has 0 aromatic heterocycles. The largest absolute Gasteiger partial charge is 0.449 e. The van der Waals surface area contributed by atoms with E-state index < -0.39 is 11.6 Å². The summed E-state index contributed by atoms with van der Waals surface area (Å²) in [7, 11) is 0. The zero-order valence-electron chi connectivity index (χ0n) is 46.7. The van der Waals surface area contributed by atoms with Crippen LogP contribution in [0.4, 0.5) is 34.1 Å². The number of unbranched alkanes of at least 4 members (excludes halogenated alkanes) is 10. The van der Waals surface area contributed by atoms with Gasteiger partial charge in [-0.3, -0.25) is 0 Å². The molecule has 0 unspecified atom stereocenters. The van der Waals surface area contributed by atoms with E-state index in [9.17, 15) is 0 Å². The molecule has 0 radical (unpaired) electrons. The van der Waals surface area contributed by atoms with Crippen molar-refractivity contribution in [1.29, 1.82) is 0 Å². The highest BCUT2D eigenvalue weighted by Gasteiger charge is 2.34. The van der Waals surface area contributed by atoms with Gasteiger partial charge in [-0.15, -0.1) is 0 Å². The summed E-state index contributed by atoms with van der Waals surface area (Å²) >= 11 is 0. The van der Waals surface area contributed by atoms with Crippen LogP contribution in [0.1, 0.15) is 130 Å². The molecule has 0 saturated carbocycles. The Morgan fingerprint density at radius 3 is 1.12 bits per heavy atom. The molecule has 9 aromatic carbocycles. The molecule has 398 valence electrons. The number of ether oxygens (including phenoxy) is 4. The lowest BCUT2D eigenvalue weighted by atomic mass is 9.86. The number of aryl methyl sites for hydroxylation is 2. The molecular weight excluding hydrogens is 957 g/mol. The number of hydrogen-bond donors (Lipinski definition) is 0. The number of fused-ring (bicyclic) bond motifs is 5. The molecule has 9 aromatic rings. The van der Waals surface area contributed by atoms with Gasteiger partial charge in [-0.05, 0) is 154 Å². The number of benzene rings is 9. The summed E-state index contributed by atoms with van der Waals surface area (Å²) in [5.41, 5.74) is 14.0. The lowest BCUT2D eigenvalue weighted by molar-refractivity contribution is -0.0437. The van der Waals surface area contributed by atoms with E-state index in [1.807, 2.05) is 39.8 Å². The molecule has 0 saturated heterocycles. The fourth-order valence-corrected chi connectivity index (χ4v) is 12.0. The van der Waals surface area contributed by atoms with Crippen LogP contribution >= 0.6 is 0 Å². The molecule has 0 aliphatic carbocycles. The predicted octanol–water partition coefficient (Wildman–Crippen LogP) is 21.1. The Morgan fingerprint density at radius 1 is 0.321 bits per heavy atom.